The van der Waals surface area contributed by atoms with Crippen LogP contribution in [-0.2, 0) is 24.0 Å². The van der Waals surface area contributed by atoms with Crippen molar-refractivity contribution in [3.63, 3.8) is 0 Å². The van der Waals surface area contributed by atoms with Crippen LogP contribution < -0.4 is 30.7 Å². The number of carbonyl (C=O) groups excluding carboxylic acids is 7. The van der Waals surface area contributed by atoms with E-state index in [2.05, 4.69) is 75.7 Å². The number of carbonyl (C=O) groups is 7. The molecular formula is C64H100N6O7S2. The number of likely N-dealkylation sites (N-methyl/N-ethyl adjacent to an activating group) is 3. The number of benzene rings is 4. The van der Waals surface area contributed by atoms with Gasteiger partial charge in [-0.05, 0) is 79.1 Å². The van der Waals surface area contributed by atoms with Gasteiger partial charge in [0.25, 0.3) is 16.4 Å². The highest BCUT2D eigenvalue weighted by molar-refractivity contribution is 8.18. The van der Waals surface area contributed by atoms with Crippen molar-refractivity contribution < 1.29 is 33.6 Å². The Balaban J connectivity index is -0.000000875. The van der Waals surface area contributed by atoms with Gasteiger partial charge in [-0.15, -0.1) is 0 Å². The molecule has 79 heavy (non-hydrogen) atoms. The van der Waals surface area contributed by atoms with Crippen molar-refractivity contribution in [3.8, 4) is 0 Å². The maximum absolute atomic E-state index is 11.6. The summed E-state index contributed by atoms with van der Waals surface area (Å²) in [6.07, 6.45) is 5.02. The molecule has 4 unspecified atom stereocenters. The van der Waals surface area contributed by atoms with Crippen molar-refractivity contribution >= 4 is 87.4 Å². The standard InChI is InChI=1S/C14H14N2O2S.2C11H13NO.C9H9NO.C3H3NO2S.8C2H6/c1-2-16-8-9(10-5-3-4-6-11(10)16)7-12-13(17)15-14(18)19-12;2*1-2-12-7-9(8-13)10-5-3-4-6-11(10)12;11-6-7-5-10-9-4-2-1-3-8(7)9;5-2-1-7-3(6)4-2;8*1-2/h3-7,9H,2,8H2,1H3,(H,15,17,18);2*3-6,8-9H,2,7H2,1H3;1-4,6-7,10H,5H2;1H2,(H,4,5,6);8*1-2H3/b12-7-;;;;;;;;;;;;. The lowest BCUT2D eigenvalue weighted by atomic mass is 10.0. The highest BCUT2D eigenvalue weighted by Gasteiger charge is 2.31. The van der Waals surface area contributed by atoms with Crippen LogP contribution in [0.3, 0.4) is 0 Å². The fraction of sp³-hybridized carbons (Fsp3) is 0.484. The first-order valence-corrected chi connectivity index (χ1v) is 30.8. The van der Waals surface area contributed by atoms with Gasteiger partial charge in [-0.1, -0.05) is 201 Å². The van der Waals surface area contributed by atoms with Gasteiger partial charge < -0.3 is 34.4 Å². The number of nitrogens with one attached hydrogen (secondary N) is 3. The molecule has 0 saturated carbocycles. The molecule has 4 aromatic carbocycles. The summed E-state index contributed by atoms with van der Waals surface area (Å²) in [4.78, 5) is 82.4. The molecule has 0 aromatic heterocycles. The van der Waals surface area contributed by atoms with E-state index in [-0.39, 0.29) is 46.0 Å². The second-order valence-electron chi connectivity index (χ2n) is 15.1. The molecule has 0 spiro atoms. The molecule has 4 amide bonds. The number of anilines is 4. The molecule has 6 heterocycles. The summed E-state index contributed by atoms with van der Waals surface area (Å²) in [5, 5.41) is 7.05. The number of nitrogens with zero attached hydrogens (tertiary/aromatic N) is 3. The monoisotopic (exact) mass is 1130 g/mol. The number of hydrogen-bond acceptors (Lipinski definition) is 13. The molecule has 2 saturated heterocycles. The predicted octanol–water partition coefficient (Wildman–Crippen LogP) is 15.7. The van der Waals surface area contributed by atoms with Gasteiger partial charge in [0.15, 0.2) is 0 Å². The Bertz CT molecular complexity index is 2280. The highest BCUT2D eigenvalue weighted by atomic mass is 32.2. The molecule has 4 aromatic rings. The van der Waals surface area contributed by atoms with Crippen LogP contribution in [0.15, 0.2) is 108 Å². The first-order chi connectivity index (χ1) is 38.6. The molecule has 10 rings (SSSR count). The largest absolute Gasteiger partial charge is 0.384 e. The molecule has 0 aliphatic carbocycles. The summed E-state index contributed by atoms with van der Waals surface area (Å²) in [5.74, 6) is 0.227. The average molecular weight is 1130 g/mol. The van der Waals surface area contributed by atoms with Crippen molar-refractivity contribution in [3.05, 3.63) is 130 Å². The van der Waals surface area contributed by atoms with Crippen molar-refractivity contribution in [1.82, 2.24) is 10.6 Å². The molecule has 4 atom stereocenters. The number of hydrogen-bond donors (Lipinski definition) is 3. The molecular weight excluding hydrogens is 1030 g/mol. The summed E-state index contributed by atoms with van der Waals surface area (Å²) in [6, 6.07) is 32.4. The quantitative estimate of drug-likeness (QED) is 0.118. The zero-order chi connectivity index (χ0) is 60.9. The van der Waals surface area contributed by atoms with E-state index in [1.807, 2.05) is 190 Å². The Labute approximate surface area is 486 Å². The van der Waals surface area contributed by atoms with E-state index in [1.54, 1.807) is 0 Å². The zero-order valence-corrected chi connectivity index (χ0v) is 53.2. The van der Waals surface area contributed by atoms with Gasteiger partial charge >= 0.3 is 0 Å². The second-order valence-corrected chi connectivity index (χ2v) is 17.1. The molecule has 3 N–H and O–H groups in total. The normalized spacial score (nSPS) is 17.6. The minimum atomic E-state index is -0.283. The van der Waals surface area contributed by atoms with Gasteiger partial charge in [-0.25, -0.2) is 0 Å². The fourth-order valence-electron chi connectivity index (χ4n) is 8.21. The minimum Gasteiger partial charge on any atom is -0.384 e. The van der Waals surface area contributed by atoms with E-state index in [9.17, 15) is 33.6 Å². The van der Waals surface area contributed by atoms with Crippen LogP contribution in [0, 0.1) is 0 Å². The van der Waals surface area contributed by atoms with Gasteiger partial charge in [-0.2, -0.15) is 0 Å². The van der Waals surface area contributed by atoms with E-state index < -0.39 is 0 Å². The van der Waals surface area contributed by atoms with Crippen LogP contribution >= 0.6 is 23.5 Å². The third-order valence-corrected chi connectivity index (χ3v) is 13.0. The molecule has 440 valence electrons. The first-order valence-electron chi connectivity index (χ1n) is 29.0. The van der Waals surface area contributed by atoms with E-state index in [4.69, 9.17) is 0 Å². The van der Waals surface area contributed by atoms with Crippen LogP contribution in [0.2, 0.25) is 0 Å². The summed E-state index contributed by atoms with van der Waals surface area (Å²) >= 11 is 1.99. The van der Waals surface area contributed by atoms with Crippen LogP contribution in [0.4, 0.5) is 32.3 Å². The van der Waals surface area contributed by atoms with Gasteiger partial charge in [0.1, 0.15) is 18.9 Å². The van der Waals surface area contributed by atoms with Gasteiger partial charge in [-0.3, -0.25) is 29.8 Å². The Morgan fingerprint density at radius 1 is 0.456 bits per heavy atom. The maximum atomic E-state index is 11.6. The first kappa shape index (κ1) is 77.0. The molecule has 6 aliphatic rings. The molecule has 15 heteroatoms. The second kappa shape index (κ2) is 47.8. The Hall–Kier alpha value is -6.19. The van der Waals surface area contributed by atoms with Crippen LogP contribution in [0.25, 0.3) is 0 Å². The Kier molecular flexibility index (Phi) is 46.6. The zero-order valence-electron chi connectivity index (χ0n) is 51.5. The fourth-order valence-corrected chi connectivity index (χ4v) is 9.45. The average Bonchev–Trinajstić information content (AvgIpc) is 4.41. The maximum Gasteiger partial charge on any atom is 0.290 e. The van der Waals surface area contributed by atoms with Gasteiger partial charge in [0.05, 0.1) is 28.4 Å². The van der Waals surface area contributed by atoms with E-state index in [0.717, 1.165) is 99.4 Å². The van der Waals surface area contributed by atoms with Gasteiger partial charge in [0, 0.05) is 74.5 Å². The van der Waals surface area contributed by atoms with Crippen LogP contribution in [0.5, 0.6) is 0 Å². The van der Waals surface area contributed by atoms with Crippen molar-refractivity contribution in [2.75, 3.05) is 71.6 Å². The lowest BCUT2D eigenvalue weighted by Crippen LogP contribution is -2.21. The number of aldehydes is 3. The summed E-state index contributed by atoms with van der Waals surface area (Å²) in [6.45, 7) is 44.5. The van der Waals surface area contributed by atoms with Crippen LogP contribution in [-0.4, -0.2) is 92.7 Å². The topological polar surface area (TPSA) is 165 Å². The number of fused-ring (bicyclic) bond motifs is 4. The Morgan fingerprint density at radius 2 is 0.810 bits per heavy atom. The van der Waals surface area contributed by atoms with E-state index >= 15 is 0 Å². The smallest absolute Gasteiger partial charge is 0.290 e. The number of imide groups is 2. The summed E-state index contributed by atoms with van der Waals surface area (Å²) in [7, 11) is 0. The number of rotatable bonds is 7. The number of thioether (sulfide) groups is 2. The van der Waals surface area contributed by atoms with E-state index in [1.165, 1.54) is 33.8 Å². The lowest BCUT2D eigenvalue weighted by Gasteiger charge is -2.16. The van der Waals surface area contributed by atoms with E-state index in [0.29, 0.717) is 10.7 Å². The Morgan fingerprint density at radius 3 is 1.13 bits per heavy atom. The predicted molar refractivity (Wildman–Crippen MR) is 343 cm³/mol. The lowest BCUT2D eigenvalue weighted by molar-refractivity contribution is -0.117. The molecule has 6 aliphatic heterocycles. The highest BCUT2D eigenvalue weighted by Crippen LogP contribution is 2.39. The molecule has 0 radical (unpaired) electrons. The SMILES string of the molecule is CC.CC.CC.CC.CC.CC.CC.CC.CCN1CC(/C=C2\SC(=O)NC2=O)c2ccccc21.CCN1CC(C=O)c2ccccc21.CCN1CC(C=O)c2ccccc21.O=C1CSC(=O)N1.O=CC1CNc2ccccc21. The third-order valence-electron chi connectivity index (χ3n) is 11.4. The molecule has 13 nitrogen and oxygen atoms in total. The van der Waals surface area contributed by atoms with Crippen molar-refractivity contribution in [2.45, 2.75) is 155 Å². The summed E-state index contributed by atoms with van der Waals surface area (Å²) < 4.78 is 0. The van der Waals surface area contributed by atoms with Gasteiger partial charge in [0.2, 0.25) is 5.91 Å². The minimum absolute atomic E-state index is 0.0613. The van der Waals surface area contributed by atoms with Crippen LogP contribution in [0.1, 0.15) is 177 Å². The van der Waals surface area contributed by atoms with Crippen molar-refractivity contribution in [1.29, 1.82) is 0 Å². The number of para-hydroxylation sites is 4. The van der Waals surface area contributed by atoms with Crippen molar-refractivity contribution in [2.24, 2.45) is 0 Å². The molecule has 2 fully saturated rings. The third kappa shape index (κ3) is 24.4. The molecule has 0 bridgehead atoms. The number of amides is 4. The summed E-state index contributed by atoms with van der Waals surface area (Å²) in [5.41, 5.74) is 9.49.